The number of oxazole rings is 1. The molecule has 4 rings (SSSR count). The second-order valence-electron chi connectivity index (χ2n) is 5.78. The van der Waals surface area contributed by atoms with Gasteiger partial charge in [-0.3, -0.25) is 0 Å². The largest absolute Gasteiger partial charge is 0.490 e. The molecule has 0 fully saturated rings. The summed E-state index contributed by atoms with van der Waals surface area (Å²) in [7, 11) is 0. The van der Waals surface area contributed by atoms with E-state index >= 15 is 0 Å². The highest BCUT2D eigenvalue weighted by atomic mass is 16.6. The van der Waals surface area contributed by atoms with Crippen molar-refractivity contribution in [1.82, 2.24) is 4.98 Å². The van der Waals surface area contributed by atoms with E-state index in [0.29, 0.717) is 41.7 Å². The van der Waals surface area contributed by atoms with Gasteiger partial charge in [-0.1, -0.05) is 12.1 Å². The van der Waals surface area contributed by atoms with E-state index in [1.807, 2.05) is 24.3 Å². The summed E-state index contributed by atoms with van der Waals surface area (Å²) in [5.41, 5.74) is 1.79. The normalized spacial score (nSPS) is 14.8. The van der Waals surface area contributed by atoms with Crippen molar-refractivity contribution in [1.29, 1.82) is 0 Å². The maximum Gasteiger partial charge on any atom is 0.339 e. The zero-order valence-electron chi connectivity index (χ0n) is 13.7. The van der Waals surface area contributed by atoms with Crippen molar-refractivity contribution in [2.24, 2.45) is 0 Å². The van der Waals surface area contributed by atoms with E-state index in [-0.39, 0.29) is 0 Å². The van der Waals surface area contributed by atoms with Crippen LogP contribution in [0.2, 0.25) is 0 Å². The first kappa shape index (κ1) is 15.5. The number of para-hydroxylation sites is 2. The lowest BCUT2D eigenvalue weighted by atomic mass is 10.2. The highest BCUT2D eigenvalue weighted by molar-refractivity contribution is 5.90. The van der Waals surface area contributed by atoms with Gasteiger partial charge in [0.05, 0.1) is 18.8 Å². The summed E-state index contributed by atoms with van der Waals surface area (Å²) in [6.45, 7) is 2.89. The molecule has 1 atom stereocenters. The second-order valence-corrected chi connectivity index (χ2v) is 5.78. The summed E-state index contributed by atoms with van der Waals surface area (Å²) in [6.07, 6.45) is 0.208. The van der Waals surface area contributed by atoms with Crippen molar-refractivity contribution in [3.05, 3.63) is 53.9 Å². The third-order valence-corrected chi connectivity index (χ3v) is 3.93. The number of rotatable bonds is 3. The van der Waals surface area contributed by atoms with Gasteiger partial charge in [0.1, 0.15) is 5.52 Å². The number of aromatic nitrogens is 1. The van der Waals surface area contributed by atoms with Crippen molar-refractivity contribution in [3.63, 3.8) is 0 Å². The van der Waals surface area contributed by atoms with Gasteiger partial charge in [-0.05, 0) is 37.3 Å². The van der Waals surface area contributed by atoms with E-state index in [4.69, 9.17) is 18.6 Å². The van der Waals surface area contributed by atoms with Gasteiger partial charge in [0.2, 0.25) is 5.89 Å². The summed E-state index contributed by atoms with van der Waals surface area (Å²) >= 11 is 0. The molecule has 0 saturated carbocycles. The summed E-state index contributed by atoms with van der Waals surface area (Å²) in [5, 5.41) is 0. The molecule has 1 aliphatic heterocycles. The van der Waals surface area contributed by atoms with Crippen molar-refractivity contribution < 1.29 is 23.4 Å². The molecular weight excluding hydrogens is 322 g/mol. The summed E-state index contributed by atoms with van der Waals surface area (Å²) < 4.78 is 22.3. The molecule has 0 saturated heterocycles. The molecule has 6 heteroatoms. The molecular formula is C19H17NO5. The Morgan fingerprint density at radius 1 is 1.12 bits per heavy atom. The number of hydrogen-bond donors (Lipinski definition) is 0. The molecule has 0 bridgehead atoms. The molecule has 0 aliphatic carbocycles. The SMILES string of the molecule is C[C@@H](OC(=O)c1ccc2c(c1)OCCCO2)c1nc2ccccc2o1. The highest BCUT2D eigenvalue weighted by Crippen LogP contribution is 2.31. The van der Waals surface area contributed by atoms with Crippen LogP contribution in [0.25, 0.3) is 11.1 Å². The lowest BCUT2D eigenvalue weighted by molar-refractivity contribution is 0.0282. The zero-order chi connectivity index (χ0) is 17.2. The summed E-state index contributed by atoms with van der Waals surface area (Å²) in [6, 6.07) is 12.4. The van der Waals surface area contributed by atoms with Gasteiger partial charge in [0.15, 0.2) is 23.2 Å². The predicted molar refractivity (Wildman–Crippen MR) is 89.9 cm³/mol. The van der Waals surface area contributed by atoms with E-state index < -0.39 is 12.1 Å². The fourth-order valence-corrected chi connectivity index (χ4v) is 2.63. The number of ether oxygens (including phenoxy) is 3. The minimum absolute atomic E-state index is 0.365. The molecule has 2 aromatic carbocycles. The summed E-state index contributed by atoms with van der Waals surface area (Å²) in [5.74, 6) is 1.09. The third-order valence-electron chi connectivity index (χ3n) is 3.93. The minimum atomic E-state index is -0.601. The Hall–Kier alpha value is -3.02. The summed E-state index contributed by atoms with van der Waals surface area (Å²) in [4.78, 5) is 16.8. The van der Waals surface area contributed by atoms with Crippen molar-refractivity contribution in [2.75, 3.05) is 13.2 Å². The van der Waals surface area contributed by atoms with Crippen LogP contribution in [-0.2, 0) is 4.74 Å². The Kier molecular flexibility index (Phi) is 4.01. The van der Waals surface area contributed by atoms with Gasteiger partial charge < -0.3 is 18.6 Å². The van der Waals surface area contributed by atoms with Crippen molar-refractivity contribution >= 4 is 17.1 Å². The molecule has 0 radical (unpaired) electrons. The lowest BCUT2D eigenvalue weighted by Gasteiger charge is -2.12. The maximum absolute atomic E-state index is 12.4. The molecule has 6 nitrogen and oxygen atoms in total. The number of fused-ring (bicyclic) bond motifs is 2. The minimum Gasteiger partial charge on any atom is -0.490 e. The molecule has 0 spiro atoms. The average molecular weight is 339 g/mol. The van der Waals surface area contributed by atoms with Crippen LogP contribution in [0.3, 0.4) is 0 Å². The average Bonchev–Trinajstić information content (AvgIpc) is 2.92. The van der Waals surface area contributed by atoms with E-state index in [1.54, 1.807) is 25.1 Å². The first-order valence-electron chi connectivity index (χ1n) is 8.17. The fourth-order valence-electron chi connectivity index (χ4n) is 2.63. The quantitative estimate of drug-likeness (QED) is 0.674. The van der Waals surface area contributed by atoms with Gasteiger partial charge >= 0.3 is 5.97 Å². The van der Waals surface area contributed by atoms with E-state index in [9.17, 15) is 4.79 Å². The topological polar surface area (TPSA) is 70.8 Å². The Labute approximate surface area is 144 Å². The Morgan fingerprint density at radius 2 is 1.92 bits per heavy atom. The zero-order valence-corrected chi connectivity index (χ0v) is 13.7. The highest BCUT2D eigenvalue weighted by Gasteiger charge is 2.20. The standard InChI is InChI=1S/C19H17NO5/c1-12(18-20-14-5-2-3-6-15(14)25-18)24-19(21)13-7-8-16-17(11-13)23-10-4-9-22-16/h2-3,5-8,11-12H,4,9-10H2,1H3/t12-/m1/s1. The first-order valence-corrected chi connectivity index (χ1v) is 8.17. The number of carbonyl (C=O) groups excluding carboxylic acids is 1. The number of hydrogen-bond acceptors (Lipinski definition) is 6. The monoisotopic (exact) mass is 339 g/mol. The van der Waals surface area contributed by atoms with E-state index in [2.05, 4.69) is 4.98 Å². The lowest BCUT2D eigenvalue weighted by Crippen LogP contribution is -2.10. The number of esters is 1. The molecule has 128 valence electrons. The Morgan fingerprint density at radius 3 is 2.76 bits per heavy atom. The molecule has 1 aromatic heterocycles. The van der Waals surface area contributed by atoms with E-state index in [1.165, 1.54) is 0 Å². The van der Waals surface area contributed by atoms with Crippen LogP contribution in [0.15, 0.2) is 46.9 Å². The molecule has 0 amide bonds. The molecule has 3 aromatic rings. The van der Waals surface area contributed by atoms with Crippen LogP contribution in [0.1, 0.15) is 35.7 Å². The van der Waals surface area contributed by atoms with E-state index in [0.717, 1.165) is 11.9 Å². The van der Waals surface area contributed by atoms with Gasteiger partial charge in [0.25, 0.3) is 0 Å². The van der Waals surface area contributed by atoms with Gasteiger partial charge in [-0.15, -0.1) is 0 Å². The van der Waals surface area contributed by atoms with Crippen LogP contribution < -0.4 is 9.47 Å². The molecule has 0 unspecified atom stereocenters. The van der Waals surface area contributed by atoms with Crippen molar-refractivity contribution in [3.8, 4) is 11.5 Å². The van der Waals surface area contributed by atoms with Gasteiger partial charge in [-0.2, -0.15) is 0 Å². The molecule has 0 N–H and O–H groups in total. The van der Waals surface area contributed by atoms with Crippen LogP contribution in [0.5, 0.6) is 11.5 Å². The number of carbonyl (C=O) groups is 1. The molecule has 1 aliphatic rings. The van der Waals surface area contributed by atoms with Gasteiger partial charge in [0, 0.05) is 6.42 Å². The van der Waals surface area contributed by atoms with Crippen LogP contribution in [0, 0.1) is 0 Å². The Bertz CT molecular complexity index is 884. The first-order chi connectivity index (χ1) is 12.2. The Balaban J connectivity index is 1.52. The fraction of sp³-hybridized carbons (Fsp3) is 0.263. The number of benzene rings is 2. The predicted octanol–water partition coefficient (Wildman–Crippen LogP) is 3.91. The van der Waals surface area contributed by atoms with Gasteiger partial charge in [-0.25, -0.2) is 9.78 Å². The number of nitrogens with zero attached hydrogens (tertiary/aromatic N) is 1. The second kappa shape index (κ2) is 6.47. The maximum atomic E-state index is 12.4. The molecule has 25 heavy (non-hydrogen) atoms. The van der Waals surface area contributed by atoms with Crippen LogP contribution >= 0.6 is 0 Å². The van der Waals surface area contributed by atoms with Crippen LogP contribution in [-0.4, -0.2) is 24.2 Å². The van der Waals surface area contributed by atoms with Crippen LogP contribution in [0.4, 0.5) is 0 Å². The third kappa shape index (κ3) is 3.15. The van der Waals surface area contributed by atoms with Crippen molar-refractivity contribution in [2.45, 2.75) is 19.4 Å². The smallest absolute Gasteiger partial charge is 0.339 e. The molecule has 2 heterocycles.